The number of pyridine rings is 1. The van der Waals surface area contributed by atoms with E-state index in [-0.39, 0.29) is 6.04 Å². The monoisotopic (exact) mass is 251 g/mol. The number of aryl methyl sites for hydroxylation is 1. The zero-order chi connectivity index (χ0) is 13.5. The molecule has 1 atom stereocenters. The molecule has 0 bridgehead atoms. The molecule has 2 aromatic rings. The highest BCUT2D eigenvalue weighted by Gasteiger charge is 2.07. The Bertz CT molecular complexity index is 558. The first-order valence-corrected chi connectivity index (χ1v) is 6.45. The van der Waals surface area contributed by atoms with Crippen LogP contribution in [0.25, 0.3) is 0 Å². The topological polar surface area (TPSA) is 48.7 Å². The third-order valence-corrected chi connectivity index (χ3v) is 3.02. The first-order chi connectivity index (χ1) is 9.29. The van der Waals surface area contributed by atoms with Crippen LogP contribution in [-0.4, -0.2) is 11.0 Å². The molecule has 96 valence electrons. The van der Waals surface area contributed by atoms with Gasteiger partial charge < -0.3 is 5.32 Å². The molecule has 0 fully saturated rings. The highest BCUT2D eigenvalue weighted by molar-refractivity contribution is 5.51. The maximum absolute atomic E-state index is 9.01. The molecular weight excluding hydrogens is 234 g/mol. The standard InChI is InChI=1S/C16H17N3/c1-13(9-10-14-6-3-2-4-7-14)19-16-15(12-17)8-5-11-18-16/h2-8,11,13H,9-10H2,1H3,(H,18,19). The van der Waals surface area contributed by atoms with Gasteiger partial charge in [0.1, 0.15) is 11.9 Å². The molecule has 0 aliphatic heterocycles. The maximum Gasteiger partial charge on any atom is 0.144 e. The number of aromatic nitrogens is 1. The van der Waals surface area contributed by atoms with Crippen molar-refractivity contribution in [2.75, 3.05) is 5.32 Å². The van der Waals surface area contributed by atoms with Crippen LogP contribution in [-0.2, 0) is 6.42 Å². The first-order valence-electron chi connectivity index (χ1n) is 6.45. The van der Waals surface area contributed by atoms with E-state index in [2.05, 4.69) is 47.6 Å². The van der Waals surface area contributed by atoms with Crippen LogP contribution in [0.1, 0.15) is 24.5 Å². The predicted molar refractivity (Wildman–Crippen MR) is 76.8 cm³/mol. The van der Waals surface area contributed by atoms with Crippen LogP contribution < -0.4 is 5.32 Å². The van der Waals surface area contributed by atoms with E-state index in [9.17, 15) is 0 Å². The van der Waals surface area contributed by atoms with E-state index in [1.54, 1.807) is 18.3 Å². The van der Waals surface area contributed by atoms with Crippen LogP contribution in [0, 0.1) is 11.3 Å². The van der Waals surface area contributed by atoms with E-state index in [1.807, 2.05) is 6.07 Å². The molecule has 0 aliphatic rings. The summed E-state index contributed by atoms with van der Waals surface area (Å²) in [6, 6.07) is 16.4. The summed E-state index contributed by atoms with van der Waals surface area (Å²) in [6.07, 6.45) is 3.72. The van der Waals surface area contributed by atoms with Gasteiger partial charge in [0.25, 0.3) is 0 Å². The zero-order valence-electron chi connectivity index (χ0n) is 11.0. The van der Waals surface area contributed by atoms with Crippen molar-refractivity contribution in [2.24, 2.45) is 0 Å². The smallest absolute Gasteiger partial charge is 0.144 e. The van der Waals surface area contributed by atoms with Crippen LogP contribution in [0.15, 0.2) is 48.7 Å². The quantitative estimate of drug-likeness (QED) is 0.886. The molecular formula is C16H17N3. The molecule has 1 unspecified atom stereocenters. The fraction of sp³-hybridized carbons (Fsp3) is 0.250. The summed E-state index contributed by atoms with van der Waals surface area (Å²) in [7, 11) is 0. The first kappa shape index (κ1) is 13.1. The minimum Gasteiger partial charge on any atom is -0.367 e. The molecule has 3 heteroatoms. The number of nitrogens with zero attached hydrogens (tertiary/aromatic N) is 2. The summed E-state index contributed by atoms with van der Waals surface area (Å²) in [5.41, 5.74) is 1.92. The fourth-order valence-corrected chi connectivity index (χ4v) is 1.94. The summed E-state index contributed by atoms with van der Waals surface area (Å²) in [6.45, 7) is 2.11. The third kappa shape index (κ3) is 3.82. The number of hydrogen-bond donors (Lipinski definition) is 1. The largest absolute Gasteiger partial charge is 0.367 e. The second-order valence-electron chi connectivity index (χ2n) is 4.58. The second kappa shape index (κ2) is 6.55. The van der Waals surface area contributed by atoms with Crippen LogP contribution in [0.3, 0.4) is 0 Å². The summed E-state index contributed by atoms with van der Waals surface area (Å²) >= 11 is 0. The van der Waals surface area contributed by atoms with Crippen molar-refractivity contribution in [3.05, 3.63) is 59.8 Å². The van der Waals surface area contributed by atoms with Crippen LogP contribution >= 0.6 is 0 Å². The van der Waals surface area contributed by atoms with Crippen molar-refractivity contribution in [1.29, 1.82) is 5.26 Å². The Labute approximate surface area is 113 Å². The molecule has 0 spiro atoms. The Morgan fingerprint density at radius 3 is 2.74 bits per heavy atom. The molecule has 1 aromatic heterocycles. The van der Waals surface area contributed by atoms with Gasteiger partial charge in [-0.1, -0.05) is 30.3 Å². The summed E-state index contributed by atoms with van der Waals surface area (Å²) < 4.78 is 0. The van der Waals surface area contributed by atoms with E-state index in [0.29, 0.717) is 11.4 Å². The number of nitrogens with one attached hydrogen (secondary N) is 1. The van der Waals surface area contributed by atoms with Crippen molar-refractivity contribution in [3.63, 3.8) is 0 Å². The van der Waals surface area contributed by atoms with Crippen LogP contribution in [0.5, 0.6) is 0 Å². The number of nitriles is 1. The lowest BCUT2D eigenvalue weighted by Gasteiger charge is -2.15. The van der Waals surface area contributed by atoms with Gasteiger partial charge in [-0.15, -0.1) is 0 Å². The van der Waals surface area contributed by atoms with E-state index < -0.39 is 0 Å². The van der Waals surface area contributed by atoms with E-state index in [1.165, 1.54) is 5.56 Å². The molecule has 19 heavy (non-hydrogen) atoms. The average Bonchev–Trinajstić information content (AvgIpc) is 2.47. The lowest BCUT2D eigenvalue weighted by molar-refractivity contribution is 0.702. The Morgan fingerprint density at radius 2 is 2.00 bits per heavy atom. The van der Waals surface area contributed by atoms with E-state index in [0.717, 1.165) is 12.8 Å². The number of rotatable bonds is 5. The molecule has 0 radical (unpaired) electrons. The number of anilines is 1. The highest BCUT2D eigenvalue weighted by atomic mass is 15.0. The molecule has 1 heterocycles. The molecule has 2 rings (SSSR count). The lowest BCUT2D eigenvalue weighted by atomic mass is 10.1. The summed E-state index contributed by atoms with van der Waals surface area (Å²) in [4.78, 5) is 4.21. The highest BCUT2D eigenvalue weighted by Crippen LogP contribution is 2.13. The van der Waals surface area contributed by atoms with Gasteiger partial charge in [-0.3, -0.25) is 0 Å². The van der Waals surface area contributed by atoms with Gasteiger partial charge in [0.15, 0.2) is 0 Å². The molecule has 3 nitrogen and oxygen atoms in total. The predicted octanol–water partition coefficient (Wildman–Crippen LogP) is 3.39. The fourth-order valence-electron chi connectivity index (χ4n) is 1.94. The molecule has 0 saturated heterocycles. The van der Waals surface area contributed by atoms with Gasteiger partial charge in [0.05, 0.1) is 5.56 Å². The summed E-state index contributed by atoms with van der Waals surface area (Å²) in [5, 5.41) is 12.3. The zero-order valence-corrected chi connectivity index (χ0v) is 11.0. The normalized spacial score (nSPS) is 11.6. The van der Waals surface area contributed by atoms with Gasteiger partial charge in [-0.05, 0) is 37.5 Å². The summed E-state index contributed by atoms with van der Waals surface area (Å²) in [5.74, 6) is 0.672. The Kier molecular flexibility index (Phi) is 4.52. The SMILES string of the molecule is CC(CCc1ccccc1)Nc1ncccc1C#N. The van der Waals surface area contributed by atoms with E-state index >= 15 is 0 Å². The molecule has 1 N–H and O–H groups in total. The maximum atomic E-state index is 9.01. The second-order valence-corrected chi connectivity index (χ2v) is 4.58. The van der Waals surface area contributed by atoms with Crippen LogP contribution in [0.2, 0.25) is 0 Å². The minimum absolute atomic E-state index is 0.280. The van der Waals surface area contributed by atoms with Gasteiger partial charge in [-0.2, -0.15) is 5.26 Å². The average molecular weight is 251 g/mol. The lowest BCUT2D eigenvalue weighted by Crippen LogP contribution is -2.17. The van der Waals surface area contributed by atoms with Gasteiger partial charge in [-0.25, -0.2) is 4.98 Å². The number of benzene rings is 1. The van der Waals surface area contributed by atoms with Gasteiger partial charge in [0, 0.05) is 12.2 Å². The van der Waals surface area contributed by atoms with Crippen molar-refractivity contribution >= 4 is 5.82 Å². The van der Waals surface area contributed by atoms with Crippen molar-refractivity contribution < 1.29 is 0 Å². The van der Waals surface area contributed by atoms with Crippen molar-refractivity contribution in [1.82, 2.24) is 4.98 Å². The van der Waals surface area contributed by atoms with Gasteiger partial charge >= 0.3 is 0 Å². The third-order valence-electron chi connectivity index (χ3n) is 3.02. The molecule has 0 aliphatic carbocycles. The van der Waals surface area contributed by atoms with Crippen molar-refractivity contribution in [3.8, 4) is 6.07 Å². The Morgan fingerprint density at radius 1 is 1.21 bits per heavy atom. The Balaban J connectivity index is 1.91. The van der Waals surface area contributed by atoms with E-state index in [4.69, 9.17) is 5.26 Å². The molecule has 1 aromatic carbocycles. The number of hydrogen-bond acceptors (Lipinski definition) is 3. The minimum atomic E-state index is 0.280. The molecule has 0 amide bonds. The van der Waals surface area contributed by atoms with Crippen LogP contribution in [0.4, 0.5) is 5.82 Å². The molecule has 0 saturated carbocycles. The Hall–Kier alpha value is -2.34. The van der Waals surface area contributed by atoms with Gasteiger partial charge in [0.2, 0.25) is 0 Å². The van der Waals surface area contributed by atoms with Crippen molar-refractivity contribution in [2.45, 2.75) is 25.8 Å².